The molecule has 0 aromatic rings. The minimum absolute atomic E-state index is 0.00750. The van der Waals surface area contributed by atoms with Crippen LogP contribution in [0.3, 0.4) is 0 Å². The molecule has 0 bridgehead atoms. The van der Waals surface area contributed by atoms with E-state index in [4.69, 9.17) is 4.43 Å². The number of ether oxygens (including phenoxy) is 1. The topological polar surface area (TPSA) is 72.8 Å². The summed E-state index contributed by atoms with van der Waals surface area (Å²) in [5.74, 6) is -0.421. The number of ketones is 1. The van der Waals surface area contributed by atoms with Crippen LogP contribution < -0.4 is 0 Å². The molecule has 0 fully saturated rings. The molecule has 5 nitrogen and oxygen atoms in total. The van der Waals surface area contributed by atoms with Gasteiger partial charge in [-0.05, 0) is 55.8 Å². The molecule has 0 aromatic carbocycles. The lowest BCUT2D eigenvalue weighted by Crippen LogP contribution is -2.44. The molecule has 200 valence electrons. The molecule has 0 radical (unpaired) electrons. The average Bonchev–Trinajstić information content (AvgIpc) is 3.14. The molecule has 35 heavy (non-hydrogen) atoms. The van der Waals surface area contributed by atoms with Gasteiger partial charge in [0.25, 0.3) is 0 Å². The van der Waals surface area contributed by atoms with Crippen LogP contribution in [0.25, 0.3) is 0 Å². The molecule has 1 aliphatic rings. The Kier molecular flexibility index (Phi) is 13.4. The molecule has 0 heterocycles. The van der Waals surface area contributed by atoms with E-state index in [1.807, 2.05) is 6.08 Å². The van der Waals surface area contributed by atoms with Crippen LogP contribution in [-0.2, 0) is 18.8 Å². The quantitative estimate of drug-likeness (QED) is 0.0871. The minimum atomic E-state index is -1.96. The van der Waals surface area contributed by atoms with E-state index in [1.54, 1.807) is 12.2 Å². The summed E-state index contributed by atoms with van der Waals surface area (Å²) in [5, 5.41) is 10.9. The van der Waals surface area contributed by atoms with Crippen molar-refractivity contribution in [3.05, 3.63) is 36.5 Å². The van der Waals surface area contributed by atoms with E-state index < -0.39 is 20.3 Å². The van der Waals surface area contributed by atoms with Crippen LogP contribution >= 0.6 is 0 Å². The van der Waals surface area contributed by atoms with Crippen molar-refractivity contribution in [1.82, 2.24) is 0 Å². The summed E-state index contributed by atoms with van der Waals surface area (Å²) < 4.78 is 11.4. The second-order valence-corrected chi connectivity index (χ2v) is 16.3. The molecule has 5 unspecified atom stereocenters. The first-order valence-electron chi connectivity index (χ1n) is 13.3. The zero-order chi connectivity index (χ0) is 26.6. The van der Waals surface area contributed by atoms with Crippen LogP contribution in [0.5, 0.6) is 0 Å². The van der Waals surface area contributed by atoms with Gasteiger partial charge >= 0.3 is 5.97 Å². The van der Waals surface area contributed by atoms with Gasteiger partial charge in [0.05, 0.1) is 25.2 Å². The lowest BCUT2D eigenvalue weighted by molar-refractivity contribution is -0.134. The van der Waals surface area contributed by atoms with Crippen LogP contribution in [0, 0.1) is 17.8 Å². The van der Waals surface area contributed by atoms with Gasteiger partial charge in [0.15, 0.2) is 14.1 Å². The van der Waals surface area contributed by atoms with E-state index in [0.717, 1.165) is 6.42 Å². The Balaban J connectivity index is 2.88. The van der Waals surface area contributed by atoms with Gasteiger partial charge in [-0.2, -0.15) is 0 Å². The molecule has 1 N–H and O–H groups in total. The predicted molar refractivity (Wildman–Crippen MR) is 147 cm³/mol. The average molecular weight is 507 g/mol. The predicted octanol–water partition coefficient (Wildman–Crippen LogP) is 6.78. The summed E-state index contributed by atoms with van der Waals surface area (Å²) in [6.07, 6.45) is 16.6. The van der Waals surface area contributed by atoms with E-state index >= 15 is 0 Å². The summed E-state index contributed by atoms with van der Waals surface area (Å²) in [4.78, 5) is 23.7. The van der Waals surface area contributed by atoms with Crippen molar-refractivity contribution in [1.29, 1.82) is 0 Å². The van der Waals surface area contributed by atoms with Crippen molar-refractivity contribution >= 4 is 20.1 Å². The molecule has 1 aliphatic carbocycles. The molecule has 0 aromatic heterocycles. The monoisotopic (exact) mass is 506 g/mol. The maximum absolute atomic E-state index is 12.6. The Bertz CT molecular complexity index is 747. The zero-order valence-electron chi connectivity index (χ0n) is 23.4. The van der Waals surface area contributed by atoms with E-state index in [2.05, 4.69) is 64.6 Å². The Morgan fingerprint density at radius 2 is 1.91 bits per heavy atom. The van der Waals surface area contributed by atoms with Gasteiger partial charge in [-0.25, -0.2) is 4.79 Å². The molecular formula is C29H50O5Si. The van der Waals surface area contributed by atoms with Crippen LogP contribution in [0.4, 0.5) is 0 Å². The number of unbranched alkanes of at least 4 members (excludes halogenated alkanes) is 2. The van der Waals surface area contributed by atoms with Crippen molar-refractivity contribution in [3.63, 3.8) is 0 Å². The fourth-order valence-electron chi connectivity index (χ4n) is 4.17. The largest absolute Gasteiger partial charge is 0.466 e. The number of methoxy groups -OCH3 is 1. The second kappa shape index (κ2) is 14.9. The van der Waals surface area contributed by atoms with Crippen molar-refractivity contribution in [2.24, 2.45) is 17.8 Å². The van der Waals surface area contributed by atoms with Crippen molar-refractivity contribution in [2.45, 2.75) is 110 Å². The first kappa shape index (κ1) is 31.5. The van der Waals surface area contributed by atoms with Gasteiger partial charge in [-0.1, -0.05) is 78.2 Å². The smallest absolute Gasteiger partial charge is 0.330 e. The van der Waals surface area contributed by atoms with Crippen LogP contribution in [-0.4, -0.2) is 44.5 Å². The number of allylic oxidation sites excluding steroid dienone is 4. The third-order valence-electron chi connectivity index (χ3n) is 7.45. The fraction of sp³-hybridized carbons (Fsp3) is 0.724. The zero-order valence-corrected chi connectivity index (χ0v) is 24.4. The number of aliphatic hydroxyl groups is 1. The van der Waals surface area contributed by atoms with Gasteiger partial charge in [0.2, 0.25) is 0 Å². The number of hydrogen-bond donors (Lipinski definition) is 1. The summed E-state index contributed by atoms with van der Waals surface area (Å²) in [5.41, 5.74) is 0. The number of carbonyl (C=O) groups is 2. The Labute approximate surface area is 215 Å². The molecular weight excluding hydrogens is 456 g/mol. The molecule has 0 saturated carbocycles. The molecule has 0 amide bonds. The Morgan fingerprint density at radius 1 is 1.23 bits per heavy atom. The van der Waals surface area contributed by atoms with Gasteiger partial charge in [-0.15, -0.1) is 0 Å². The number of hydrogen-bond acceptors (Lipinski definition) is 5. The standard InChI is InChI=1S/C29H50O5Si/c1-9-10-14-22(2)21-24(34-35(7,8)29(3,4)5)19-17-23-18-20-26(31)28(23)25(30)15-12-11-13-16-27(32)33-6/h13,16-20,22-25,28,30H,9-12,14-15,21H2,1-8H3. The minimum Gasteiger partial charge on any atom is -0.466 e. The summed E-state index contributed by atoms with van der Waals surface area (Å²) in [7, 11) is -0.613. The summed E-state index contributed by atoms with van der Waals surface area (Å²) >= 11 is 0. The molecule has 5 atom stereocenters. The third kappa shape index (κ3) is 11.0. The van der Waals surface area contributed by atoms with E-state index in [-0.39, 0.29) is 28.8 Å². The van der Waals surface area contributed by atoms with Crippen molar-refractivity contribution < 1.29 is 23.9 Å². The highest BCUT2D eigenvalue weighted by molar-refractivity contribution is 6.74. The van der Waals surface area contributed by atoms with E-state index in [9.17, 15) is 14.7 Å². The fourth-order valence-corrected chi connectivity index (χ4v) is 5.45. The lowest BCUT2D eigenvalue weighted by atomic mass is 9.86. The van der Waals surface area contributed by atoms with E-state index in [0.29, 0.717) is 25.2 Å². The Morgan fingerprint density at radius 3 is 2.51 bits per heavy atom. The maximum Gasteiger partial charge on any atom is 0.330 e. The van der Waals surface area contributed by atoms with Gasteiger partial charge < -0.3 is 14.3 Å². The second-order valence-electron chi connectivity index (χ2n) is 11.6. The normalized spacial score (nSPS) is 21.7. The first-order valence-corrected chi connectivity index (χ1v) is 16.2. The molecule has 6 heteroatoms. The van der Waals surface area contributed by atoms with Crippen molar-refractivity contribution in [2.75, 3.05) is 7.11 Å². The Hall–Kier alpha value is -1.50. The number of aliphatic hydroxyl groups excluding tert-OH is 1. The van der Waals surface area contributed by atoms with Crippen molar-refractivity contribution in [3.8, 4) is 0 Å². The van der Waals surface area contributed by atoms with Crippen LogP contribution in [0.15, 0.2) is 36.5 Å². The summed E-state index contributed by atoms with van der Waals surface area (Å²) in [6, 6.07) is 0. The SMILES string of the molecule is CCCCC(C)CC(C=CC1C=CC(=O)C1C(O)CCCC=CC(=O)OC)O[Si](C)(C)C(C)(C)C. The highest BCUT2D eigenvalue weighted by Gasteiger charge is 2.39. The number of rotatable bonds is 15. The molecule has 1 rings (SSSR count). The third-order valence-corrected chi connectivity index (χ3v) is 12.0. The first-order chi connectivity index (χ1) is 16.3. The van der Waals surface area contributed by atoms with Gasteiger partial charge in [0, 0.05) is 12.0 Å². The van der Waals surface area contributed by atoms with Crippen LogP contribution in [0.1, 0.15) is 79.6 Å². The highest BCUT2D eigenvalue weighted by Crippen LogP contribution is 2.38. The summed E-state index contributed by atoms with van der Waals surface area (Å²) in [6.45, 7) is 15.9. The van der Waals surface area contributed by atoms with Gasteiger partial charge in [-0.3, -0.25) is 4.79 Å². The van der Waals surface area contributed by atoms with Gasteiger partial charge in [0.1, 0.15) is 0 Å². The molecule has 0 saturated heterocycles. The van der Waals surface area contributed by atoms with Crippen LogP contribution in [0.2, 0.25) is 18.1 Å². The molecule has 0 aliphatic heterocycles. The highest BCUT2D eigenvalue weighted by atomic mass is 28.4. The maximum atomic E-state index is 12.6. The number of carbonyl (C=O) groups excluding carboxylic acids is 2. The number of esters is 1. The molecule has 0 spiro atoms. The van der Waals surface area contributed by atoms with E-state index in [1.165, 1.54) is 32.4 Å². The lowest BCUT2D eigenvalue weighted by Gasteiger charge is -2.39.